The number of hydrogen-bond donors (Lipinski definition) is 0. The molecule has 0 amide bonds. The van der Waals surface area contributed by atoms with Crippen LogP contribution in [0.2, 0.25) is 11.7 Å². The molecular weight excluding hydrogens is 493 g/mol. The Morgan fingerprint density at radius 3 is 1.66 bits per heavy atom. The van der Waals surface area contributed by atoms with Crippen LogP contribution in [0.1, 0.15) is 92.9 Å². The Hall–Kier alpha value is 0.806. The molecule has 6 nitrogen and oxygen atoms in total. The first kappa shape index (κ1) is 30.8. The van der Waals surface area contributed by atoms with Crippen LogP contribution in [-0.2, 0) is 39.0 Å². The van der Waals surface area contributed by atoms with Crippen molar-refractivity contribution in [3.05, 3.63) is 0 Å². The van der Waals surface area contributed by atoms with Crippen molar-refractivity contribution < 1.29 is 39.0 Å². The molecule has 1 aliphatic heterocycles. The van der Waals surface area contributed by atoms with Gasteiger partial charge in [-0.3, -0.25) is 0 Å². The van der Waals surface area contributed by atoms with Gasteiger partial charge < -0.3 is 0 Å². The van der Waals surface area contributed by atoms with Crippen molar-refractivity contribution in [3.63, 3.8) is 0 Å². The number of rotatable bonds is 16. The van der Waals surface area contributed by atoms with Crippen LogP contribution in [-0.4, -0.2) is 26.4 Å². The standard InChI is InChI=1S/C16H34O3P.C5H10O3P.2CH3.Co/c1-5-9-11-15(7-3)13-18-20(17)19-14-16(8-4)12-10-6-2;1-5(2)3-7-9(6)8-4-5;;;/h15-16H,5-14H2,1-4H3;3-4H2,1-2H3;2*1H3;/q2*+1;;;-2. The van der Waals surface area contributed by atoms with Gasteiger partial charge in [0.2, 0.25) is 0 Å². The minimum absolute atomic E-state index is 0.222. The summed E-state index contributed by atoms with van der Waals surface area (Å²) in [5, 5.41) is 0. The van der Waals surface area contributed by atoms with Crippen molar-refractivity contribution in [2.75, 3.05) is 26.4 Å². The summed E-state index contributed by atoms with van der Waals surface area (Å²) >= 11 is -2.85. The Morgan fingerprint density at radius 2 is 1.31 bits per heavy atom. The van der Waals surface area contributed by atoms with E-state index in [9.17, 15) is 9.13 Å². The Morgan fingerprint density at radius 1 is 0.906 bits per heavy atom. The Labute approximate surface area is 199 Å². The van der Waals surface area contributed by atoms with Gasteiger partial charge in [0.05, 0.1) is 0 Å². The molecule has 0 aromatic carbocycles. The van der Waals surface area contributed by atoms with E-state index in [0.29, 0.717) is 38.3 Å². The SMILES string of the molecule is CCCCC(CC)CO[P](=O)(OCC(CC)CCCC)[Co]([CH3])([CH3])[P]1(=O)OCC(C)(C)CO1. The van der Waals surface area contributed by atoms with Crippen LogP contribution >= 0.6 is 12.7 Å². The van der Waals surface area contributed by atoms with Gasteiger partial charge in [0.15, 0.2) is 0 Å². The normalized spacial score (nSPS) is 22.8. The van der Waals surface area contributed by atoms with Crippen LogP contribution in [0.15, 0.2) is 0 Å². The van der Waals surface area contributed by atoms with E-state index in [2.05, 4.69) is 27.7 Å². The quantitative estimate of drug-likeness (QED) is 0.181. The van der Waals surface area contributed by atoms with E-state index in [1.807, 2.05) is 13.8 Å². The fourth-order valence-electron chi connectivity index (χ4n) is 3.31. The van der Waals surface area contributed by atoms with E-state index in [0.717, 1.165) is 51.4 Å². The summed E-state index contributed by atoms with van der Waals surface area (Å²) in [6, 6.07) is 0. The van der Waals surface area contributed by atoms with Crippen LogP contribution in [0, 0.1) is 17.3 Å². The van der Waals surface area contributed by atoms with Gasteiger partial charge in [0, 0.05) is 0 Å². The topological polar surface area (TPSA) is 71.1 Å². The second kappa shape index (κ2) is 13.8. The second-order valence-corrected chi connectivity index (χ2v) is 26.3. The zero-order valence-corrected chi connectivity index (χ0v) is 24.6. The molecule has 0 aromatic rings. The van der Waals surface area contributed by atoms with Crippen molar-refractivity contribution in [2.45, 2.75) is 105 Å². The van der Waals surface area contributed by atoms with Crippen LogP contribution in [0.25, 0.3) is 0 Å². The Bertz CT molecular complexity index is 602. The Balaban J connectivity index is 3.10. The van der Waals surface area contributed by atoms with Gasteiger partial charge in [-0.2, -0.15) is 0 Å². The molecule has 1 rings (SSSR count). The van der Waals surface area contributed by atoms with Gasteiger partial charge in [-0.1, -0.05) is 0 Å². The van der Waals surface area contributed by atoms with E-state index >= 15 is 0 Å². The van der Waals surface area contributed by atoms with Crippen LogP contribution in [0.5, 0.6) is 0 Å². The third-order valence-electron chi connectivity index (χ3n) is 6.10. The fraction of sp³-hybridized carbons (Fsp3) is 1.00. The third kappa shape index (κ3) is 8.48. The molecule has 1 aliphatic rings. The number of unbranched alkanes of at least 4 members (excludes halogenated alkanes) is 2. The first-order valence-electron chi connectivity index (χ1n) is 12.2. The predicted octanol–water partition coefficient (Wildman–Crippen LogP) is 8.99. The summed E-state index contributed by atoms with van der Waals surface area (Å²) in [7, 11) is 0. The number of hydrogen-bond acceptors (Lipinski definition) is 6. The molecule has 0 N–H and O–H groups in total. The van der Waals surface area contributed by atoms with Gasteiger partial charge in [-0.25, -0.2) is 0 Å². The molecule has 0 bridgehead atoms. The van der Waals surface area contributed by atoms with Crippen molar-refractivity contribution >= 4 is 12.7 Å². The first-order chi connectivity index (χ1) is 14.9. The van der Waals surface area contributed by atoms with Gasteiger partial charge in [-0.05, 0) is 0 Å². The zero-order valence-electron chi connectivity index (χ0n) is 21.8. The molecule has 0 radical (unpaired) electrons. The maximum atomic E-state index is 14.4. The van der Waals surface area contributed by atoms with Gasteiger partial charge in [-0.15, -0.1) is 0 Å². The summed E-state index contributed by atoms with van der Waals surface area (Å²) in [5.74, 6) is 4.15. The van der Waals surface area contributed by atoms with E-state index in [4.69, 9.17) is 18.1 Å². The fourth-order valence-corrected chi connectivity index (χ4v) is 16.4. The molecule has 2 unspecified atom stereocenters. The molecular formula is C23H50CoO6P2. The Kier molecular flexibility index (Phi) is 13.3. The average molecular weight is 544 g/mol. The molecule has 2 atom stereocenters. The molecule has 0 spiro atoms. The van der Waals surface area contributed by atoms with Crippen LogP contribution < -0.4 is 0 Å². The maximum absolute atomic E-state index is 14.4. The molecule has 9 heteroatoms. The van der Waals surface area contributed by atoms with Crippen LogP contribution in [0.4, 0.5) is 0 Å². The molecule has 0 aliphatic carbocycles. The zero-order chi connectivity index (χ0) is 24.5. The van der Waals surface area contributed by atoms with E-state index in [1.54, 1.807) is 11.7 Å². The summed E-state index contributed by atoms with van der Waals surface area (Å²) in [6.45, 7) is 14.0. The van der Waals surface area contributed by atoms with Crippen LogP contribution in [0.3, 0.4) is 0 Å². The first-order valence-corrected chi connectivity index (χ1v) is 19.9. The van der Waals surface area contributed by atoms with Crippen molar-refractivity contribution in [1.82, 2.24) is 0 Å². The van der Waals surface area contributed by atoms with Gasteiger partial charge in [0.1, 0.15) is 0 Å². The monoisotopic (exact) mass is 543 g/mol. The minimum atomic E-state index is -3.70. The summed E-state index contributed by atoms with van der Waals surface area (Å²) < 4.78 is 52.2. The molecule has 197 valence electrons. The second-order valence-electron chi connectivity index (χ2n) is 9.94. The average Bonchev–Trinajstić information content (AvgIpc) is 2.76. The third-order valence-corrected chi connectivity index (χ3v) is 23.7. The molecule has 0 aromatic heterocycles. The molecule has 1 saturated heterocycles. The van der Waals surface area contributed by atoms with Crippen molar-refractivity contribution in [3.8, 4) is 0 Å². The summed E-state index contributed by atoms with van der Waals surface area (Å²) in [5.41, 5.74) is -0.222. The molecule has 0 saturated carbocycles. The van der Waals surface area contributed by atoms with Crippen molar-refractivity contribution in [1.29, 1.82) is 0 Å². The molecule has 1 heterocycles. The summed E-state index contributed by atoms with van der Waals surface area (Å²) in [6.07, 6.45) is 1.11. The van der Waals surface area contributed by atoms with E-state index < -0.39 is 24.4 Å². The molecule has 1 fully saturated rings. The van der Waals surface area contributed by atoms with Crippen molar-refractivity contribution in [2.24, 2.45) is 17.3 Å². The predicted molar refractivity (Wildman–Crippen MR) is 131 cm³/mol. The van der Waals surface area contributed by atoms with E-state index in [-0.39, 0.29) is 5.41 Å². The van der Waals surface area contributed by atoms with E-state index in [1.165, 1.54) is 0 Å². The molecule has 32 heavy (non-hydrogen) atoms. The van der Waals surface area contributed by atoms with Gasteiger partial charge in [0.25, 0.3) is 0 Å². The summed E-state index contributed by atoms with van der Waals surface area (Å²) in [4.78, 5) is 0. The van der Waals surface area contributed by atoms with Gasteiger partial charge >= 0.3 is 200 Å².